The van der Waals surface area contributed by atoms with Crippen LogP contribution in [0, 0.1) is 5.41 Å². The molecule has 0 aliphatic heterocycles. The van der Waals surface area contributed by atoms with Crippen molar-refractivity contribution in [3.05, 3.63) is 35.4 Å². The number of hydrogen-bond donors (Lipinski definition) is 1. The fourth-order valence-electron chi connectivity index (χ4n) is 1.97. The van der Waals surface area contributed by atoms with Crippen LogP contribution in [0.3, 0.4) is 0 Å². The van der Waals surface area contributed by atoms with Gasteiger partial charge in [-0.25, -0.2) is 0 Å². The summed E-state index contributed by atoms with van der Waals surface area (Å²) in [5.74, 6) is 0. The highest BCUT2D eigenvalue weighted by Crippen LogP contribution is 2.21. The van der Waals surface area contributed by atoms with Gasteiger partial charge in [0.1, 0.15) is 0 Å². The summed E-state index contributed by atoms with van der Waals surface area (Å²) in [5, 5.41) is 3.43. The lowest BCUT2D eigenvalue weighted by Gasteiger charge is -2.25. The van der Waals surface area contributed by atoms with Crippen LogP contribution in [0.15, 0.2) is 24.3 Å². The fourth-order valence-corrected chi connectivity index (χ4v) is 1.97. The third-order valence-electron chi connectivity index (χ3n) is 2.97. The second-order valence-corrected chi connectivity index (χ2v) is 5.29. The van der Waals surface area contributed by atoms with Gasteiger partial charge in [-0.1, -0.05) is 52.0 Å². The summed E-state index contributed by atoms with van der Waals surface area (Å²) in [4.78, 5) is 0. The molecule has 1 aromatic carbocycles. The average Bonchev–Trinajstić information content (AvgIpc) is 2.27. The lowest BCUT2D eigenvalue weighted by Crippen LogP contribution is -2.30. The van der Waals surface area contributed by atoms with E-state index in [9.17, 15) is 0 Å². The Bertz CT molecular complexity index is 298. The number of hydrogen-bond acceptors (Lipinski definition) is 1. The van der Waals surface area contributed by atoms with Gasteiger partial charge in [-0.3, -0.25) is 0 Å². The van der Waals surface area contributed by atoms with Gasteiger partial charge in [0.25, 0.3) is 0 Å². The minimum absolute atomic E-state index is 0.337. The molecule has 1 aromatic rings. The van der Waals surface area contributed by atoms with Crippen molar-refractivity contribution in [2.45, 2.75) is 40.5 Å². The first-order chi connectivity index (χ1) is 7.57. The Morgan fingerprint density at radius 2 is 1.56 bits per heavy atom. The highest BCUT2D eigenvalue weighted by atomic mass is 14.9. The molecule has 0 spiro atoms. The maximum absolute atomic E-state index is 3.43. The van der Waals surface area contributed by atoms with E-state index in [2.05, 4.69) is 57.3 Å². The Morgan fingerprint density at radius 3 is 2.06 bits per heavy atom. The normalized spacial score (nSPS) is 11.8. The zero-order chi connectivity index (χ0) is 12.0. The highest BCUT2D eigenvalue weighted by molar-refractivity contribution is 5.23. The van der Waals surface area contributed by atoms with Crippen molar-refractivity contribution in [3.8, 4) is 0 Å². The molecule has 0 unspecified atom stereocenters. The summed E-state index contributed by atoms with van der Waals surface area (Å²) in [6, 6.07) is 9.04. The van der Waals surface area contributed by atoms with E-state index in [1.54, 1.807) is 0 Å². The lowest BCUT2D eigenvalue weighted by atomic mass is 9.85. The van der Waals surface area contributed by atoms with Crippen LogP contribution in [-0.4, -0.2) is 13.1 Å². The third-order valence-corrected chi connectivity index (χ3v) is 2.97. The topological polar surface area (TPSA) is 12.0 Å². The zero-order valence-corrected chi connectivity index (χ0v) is 11.1. The van der Waals surface area contributed by atoms with Gasteiger partial charge in [0.15, 0.2) is 0 Å². The molecule has 0 saturated heterocycles. The molecule has 1 nitrogen and oxygen atoms in total. The predicted molar refractivity (Wildman–Crippen MR) is 71.8 cm³/mol. The van der Waals surface area contributed by atoms with E-state index in [1.165, 1.54) is 11.1 Å². The first kappa shape index (κ1) is 13.2. The molecule has 1 heteroatoms. The van der Waals surface area contributed by atoms with Gasteiger partial charge in [0.05, 0.1) is 0 Å². The maximum Gasteiger partial charge on any atom is 0.000559 e. The predicted octanol–water partition coefficient (Wildman–Crippen LogP) is 3.43. The number of benzene rings is 1. The SMILES string of the molecule is CCNCC(C)(C)Cc1ccc(CC)cc1. The Hall–Kier alpha value is -0.820. The van der Waals surface area contributed by atoms with Crippen LogP contribution in [-0.2, 0) is 12.8 Å². The zero-order valence-electron chi connectivity index (χ0n) is 11.1. The van der Waals surface area contributed by atoms with E-state index in [4.69, 9.17) is 0 Å². The summed E-state index contributed by atoms with van der Waals surface area (Å²) in [5.41, 5.74) is 3.21. The summed E-state index contributed by atoms with van der Waals surface area (Å²) >= 11 is 0. The molecule has 0 fully saturated rings. The third kappa shape index (κ3) is 4.36. The first-order valence-corrected chi connectivity index (χ1v) is 6.36. The van der Waals surface area contributed by atoms with E-state index in [-0.39, 0.29) is 0 Å². The van der Waals surface area contributed by atoms with Crippen molar-refractivity contribution in [3.63, 3.8) is 0 Å². The van der Waals surface area contributed by atoms with Gasteiger partial charge in [-0.15, -0.1) is 0 Å². The van der Waals surface area contributed by atoms with Crippen molar-refractivity contribution >= 4 is 0 Å². The molecule has 0 radical (unpaired) electrons. The van der Waals surface area contributed by atoms with Gasteiger partial charge in [-0.05, 0) is 35.9 Å². The van der Waals surface area contributed by atoms with E-state index in [1.807, 2.05) is 0 Å². The highest BCUT2D eigenvalue weighted by Gasteiger charge is 2.17. The van der Waals surface area contributed by atoms with Gasteiger partial charge >= 0.3 is 0 Å². The second kappa shape index (κ2) is 6.05. The van der Waals surface area contributed by atoms with Crippen molar-refractivity contribution in [1.29, 1.82) is 0 Å². The Morgan fingerprint density at radius 1 is 1.00 bits per heavy atom. The Balaban J connectivity index is 2.57. The number of nitrogens with one attached hydrogen (secondary N) is 1. The molecule has 0 aliphatic rings. The van der Waals surface area contributed by atoms with Crippen LogP contribution in [0.2, 0.25) is 0 Å². The standard InChI is InChI=1S/C15H25N/c1-5-13-7-9-14(10-8-13)11-15(3,4)12-16-6-2/h7-10,16H,5-6,11-12H2,1-4H3. The monoisotopic (exact) mass is 219 g/mol. The fraction of sp³-hybridized carbons (Fsp3) is 0.600. The molecule has 0 aromatic heterocycles. The summed E-state index contributed by atoms with van der Waals surface area (Å²) in [7, 11) is 0. The van der Waals surface area contributed by atoms with E-state index in [0.29, 0.717) is 5.41 Å². The van der Waals surface area contributed by atoms with Crippen LogP contribution < -0.4 is 5.32 Å². The summed E-state index contributed by atoms with van der Waals surface area (Å²) in [6.07, 6.45) is 2.27. The molecule has 0 heterocycles. The molecule has 0 saturated carbocycles. The summed E-state index contributed by atoms with van der Waals surface area (Å²) < 4.78 is 0. The Kier molecular flexibility index (Phi) is 5.01. The quantitative estimate of drug-likeness (QED) is 0.773. The average molecular weight is 219 g/mol. The van der Waals surface area contributed by atoms with E-state index in [0.717, 1.165) is 25.9 Å². The van der Waals surface area contributed by atoms with Crippen LogP contribution in [0.25, 0.3) is 0 Å². The summed E-state index contributed by atoms with van der Waals surface area (Å²) in [6.45, 7) is 11.1. The smallest absolute Gasteiger partial charge is 0.000559 e. The Labute approximate surface area is 100 Å². The van der Waals surface area contributed by atoms with Crippen molar-refractivity contribution in [1.82, 2.24) is 5.32 Å². The lowest BCUT2D eigenvalue weighted by molar-refractivity contribution is 0.342. The number of rotatable bonds is 6. The van der Waals surface area contributed by atoms with Gasteiger partial charge < -0.3 is 5.32 Å². The van der Waals surface area contributed by atoms with Crippen LogP contribution in [0.4, 0.5) is 0 Å². The molecule has 90 valence electrons. The minimum Gasteiger partial charge on any atom is -0.316 e. The largest absolute Gasteiger partial charge is 0.316 e. The molecular weight excluding hydrogens is 194 g/mol. The van der Waals surface area contributed by atoms with E-state index >= 15 is 0 Å². The van der Waals surface area contributed by atoms with Crippen LogP contribution in [0.5, 0.6) is 0 Å². The molecule has 1 N–H and O–H groups in total. The number of aryl methyl sites for hydroxylation is 1. The van der Waals surface area contributed by atoms with Gasteiger partial charge in [-0.2, -0.15) is 0 Å². The molecule has 0 amide bonds. The van der Waals surface area contributed by atoms with Gasteiger partial charge in [0.2, 0.25) is 0 Å². The van der Waals surface area contributed by atoms with Crippen molar-refractivity contribution < 1.29 is 0 Å². The van der Waals surface area contributed by atoms with Crippen molar-refractivity contribution in [2.24, 2.45) is 5.41 Å². The second-order valence-electron chi connectivity index (χ2n) is 5.29. The van der Waals surface area contributed by atoms with Crippen LogP contribution >= 0.6 is 0 Å². The first-order valence-electron chi connectivity index (χ1n) is 6.36. The minimum atomic E-state index is 0.337. The molecule has 16 heavy (non-hydrogen) atoms. The molecular formula is C15H25N. The molecule has 0 aliphatic carbocycles. The van der Waals surface area contributed by atoms with Crippen LogP contribution in [0.1, 0.15) is 38.8 Å². The maximum atomic E-state index is 3.43. The molecule has 0 atom stereocenters. The van der Waals surface area contributed by atoms with E-state index < -0.39 is 0 Å². The molecule has 0 bridgehead atoms. The molecule has 1 rings (SSSR count). The van der Waals surface area contributed by atoms with Gasteiger partial charge in [0, 0.05) is 6.54 Å². The van der Waals surface area contributed by atoms with Crippen molar-refractivity contribution in [2.75, 3.05) is 13.1 Å².